The van der Waals surface area contributed by atoms with Crippen LogP contribution in [0.4, 0.5) is 13.2 Å². The Labute approximate surface area is 120 Å². The maximum Gasteiger partial charge on any atom is 0.389 e. The summed E-state index contributed by atoms with van der Waals surface area (Å²) in [6.07, 6.45) is -5.74. The molecule has 0 aliphatic heterocycles. The third-order valence-electron chi connectivity index (χ3n) is 2.63. The van der Waals surface area contributed by atoms with E-state index in [1.807, 2.05) is 0 Å². The summed E-state index contributed by atoms with van der Waals surface area (Å²) in [4.78, 5) is -0.219. The molecule has 1 aromatic carbocycles. The number of alkyl halides is 3. The Morgan fingerprint density at radius 3 is 2.52 bits per heavy atom. The normalized spacial score (nSPS) is 12.4. The summed E-state index contributed by atoms with van der Waals surface area (Å²) in [7, 11) is -2.73. The zero-order valence-electron chi connectivity index (χ0n) is 11.3. The molecule has 0 saturated heterocycles. The second-order valence-electron chi connectivity index (χ2n) is 4.26. The number of hydrogen-bond donors (Lipinski definition) is 2. The number of aliphatic hydroxyl groups excluding tert-OH is 1. The zero-order chi connectivity index (χ0) is 16.1. The van der Waals surface area contributed by atoms with Crippen molar-refractivity contribution in [1.82, 2.24) is 4.72 Å². The summed E-state index contributed by atoms with van der Waals surface area (Å²) in [6, 6.07) is 4.07. The van der Waals surface area contributed by atoms with Gasteiger partial charge in [-0.3, -0.25) is 0 Å². The molecule has 0 heterocycles. The molecule has 1 aromatic rings. The second-order valence-corrected chi connectivity index (χ2v) is 6.00. The molecule has 0 spiro atoms. The Hall–Kier alpha value is -1.32. The largest absolute Gasteiger partial charge is 0.495 e. The van der Waals surface area contributed by atoms with Crippen LogP contribution in [0.25, 0.3) is 0 Å². The standard InChI is InChI=1S/C12H16F3NO4S/c1-20-10-4-3-9(8-17)7-11(10)21(18,19)16-6-2-5-12(13,14)15/h3-4,7,16-17H,2,5-6,8H2,1H3. The number of methoxy groups -OCH3 is 1. The number of sulfonamides is 1. The molecule has 0 aliphatic carbocycles. The second kappa shape index (κ2) is 7.10. The molecule has 21 heavy (non-hydrogen) atoms. The van der Waals surface area contributed by atoms with Crippen LogP contribution in [-0.4, -0.2) is 33.4 Å². The first-order chi connectivity index (χ1) is 9.69. The molecule has 0 fully saturated rings. The highest BCUT2D eigenvalue weighted by atomic mass is 32.2. The van der Waals surface area contributed by atoms with Gasteiger partial charge in [-0.05, 0) is 24.1 Å². The van der Waals surface area contributed by atoms with Crippen LogP contribution in [0, 0.1) is 0 Å². The number of benzene rings is 1. The first-order valence-corrected chi connectivity index (χ1v) is 7.52. The van der Waals surface area contributed by atoms with Crippen LogP contribution in [0.2, 0.25) is 0 Å². The van der Waals surface area contributed by atoms with E-state index in [0.717, 1.165) is 0 Å². The lowest BCUT2D eigenvalue weighted by Gasteiger charge is -2.12. The van der Waals surface area contributed by atoms with Crippen molar-refractivity contribution < 1.29 is 31.4 Å². The molecule has 120 valence electrons. The predicted molar refractivity (Wildman–Crippen MR) is 69.4 cm³/mol. The molecule has 0 amide bonds. The Morgan fingerprint density at radius 2 is 2.00 bits per heavy atom. The minimum atomic E-state index is -4.32. The summed E-state index contributed by atoms with van der Waals surface area (Å²) >= 11 is 0. The number of nitrogens with one attached hydrogen (secondary N) is 1. The minimum Gasteiger partial charge on any atom is -0.495 e. The molecule has 2 N–H and O–H groups in total. The number of rotatable bonds is 7. The van der Waals surface area contributed by atoms with Crippen molar-refractivity contribution in [3.8, 4) is 5.75 Å². The van der Waals surface area contributed by atoms with Crippen LogP contribution in [-0.2, 0) is 16.6 Å². The lowest BCUT2D eigenvalue weighted by Crippen LogP contribution is -2.26. The average molecular weight is 327 g/mol. The van der Waals surface area contributed by atoms with Crippen molar-refractivity contribution in [2.24, 2.45) is 0 Å². The zero-order valence-corrected chi connectivity index (χ0v) is 12.1. The summed E-state index contributed by atoms with van der Waals surface area (Å²) in [5.41, 5.74) is 0.353. The molecular weight excluding hydrogens is 311 g/mol. The van der Waals surface area contributed by atoms with Gasteiger partial charge in [-0.1, -0.05) is 6.07 Å². The van der Waals surface area contributed by atoms with Crippen molar-refractivity contribution in [3.63, 3.8) is 0 Å². The van der Waals surface area contributed by atoms with Gasteiger partial charge in [0.2, 0.25) is 10.0 Å². The number of ether oxygens (including phenoxy) is 1. The van der Waals surface area contributed by atoms with Gasteiger partial charge in [0.25, 0.3) is 0 Å². The molecule has 0 saturated carbocycles. The highest BCUT2D eigenvalue weighted by Gasteiger charge is 2.27. The minimum absolute atomic E-state index is 0.0514. The third-order valence-corrected chi connectivity index (χ3v) is 4.11. The van der Waals surface area contributed by atoms with Gasteiger partial charge in [-0.2, -0.15) is 13.2 Å². The average Bonchev–Trinajstić information content (AvgIpc) is 2.42. The number of aliphatic hydroxyl groups is 1. The highest BCUT2D eigenvalue weighted by Crippen LogP contribution is 2.25. The summed E-state index contributed by atoms with van der Waals surface area (Å²) in [5.74, 6) is 0.0514. The van der Waals surface area contributed by atoms with Crippen LogP contribution >= 0.6 is 0 Å². The van der Waals surface area contributed by atoms with E-state index in [0.29, 0.717) is 5.56 Å². The monoisotopic (exact) mass is 327 g/mol. The van der Waals surface area contributed by atoms with E-state index in [2.05, 4.69) is 4.72 Å². The first kappa shape index (κ1) is 17.7. The van der Waals surface area contributed by atoms with Crippen LogP contribution in [0.15, 0.2) is 23.1 Å². The lowest BCUT2D eigenvalue weighted by molar-refractivity contribution is -0.135. The Morgan fingerprint density at radius 1 is 1.33 bits per heavy atom. The van der Waals surface area contributed by atoms with E-state index < -0.39 is 22.6 Å². The Bertz CT molecular complexity index is 572. The first-order valence-electron chi connectivity index (χ1n) is 6.04. The number of halogens is 3. The fraction of sp³-hybridized carbons (Fsp3) is 0.500. The molecular formula is C12H16F3NO4S. The van der Waals surface area contributed by atoms with Gasteiger partial charge in [-0.25, -0.2) is 13.1 Å². The SMILES string of the molecule is COc1ccc(CO)cc1S(=O)(=O)NCCCC(F)(F)F. The van der Waals surface area contributed by atoms with Crippen LogP contribution in [0.3, 0.4) is 0 Å². The quantitative estimate of drug-likeness (QED) is 0.749. The maximum atomic E-state index is 12.1. The number of hydrogen-bond acceptors (Lipinski definition) is 4. The Balaban J connectivity index is 2.82. The molecule has 0 bridgehead atoms. The fourth-order valence-electron chi connectivity index (χ4n) is 1.60. The fourth-order valence-corrected chi connectivity index (χ4v) is 2.89. The van der Waals surface area contributed by atoms with Crippen LogP contribution < -0.4 is 9.46 Å². The summed E-state index contributed by atoms with van der Waals surface area (Å²) < 4.78 is 67.1. The summed E-state index contributed by atoms with van der Waals surface area (Å²) in [6.45, 7) is -0.699. The molecule has 0 unspecified atom stereocenters. The lowest BCUT2D eigenvalue weighted by atomic mass is 10.2. The van der Waals surface area contributed by atoms with Gasteiger partial charge in [-0.15, -0.1) is 0 Å². The van der Waals surface area contributed by atoms with E-state index in [1.165, 1.54) is 25.3 Å². The van der Waals surface area contributed by atoms with Crippen LogP contribution in [0.5, 0.6) is 5.75 Å². The van der Waals surface area contributed by atoms with Crippen molar-refractivity contribution in [1.29, 1.82) is 0 Å². The molecule has 0 aliphatic rings. The molecule has 0 radical (unpaired) electrons. The predicted octanol–water partition coefficient (Wildman–Crippen LogP) is 1.81. The Kier molecular flexibility index (Phi) is 5.99. The summed E-state index contributed by atoms with van der Waals surface area (Å²) in [5, 5.41) is 9.01. The van der Waals surface area contributed by atoms with E-state index in [1.54, 1.807) is 0 Å². The third kappa shape index (κ3) is 5.52. The maximum absolute atomic E-state index is 12.1. The van der Waals surface area contributed by atoms with Crippen molar-refractivity contribution in [3.05, 3.63) is 23.8 Å². The molecule has 5 nitrogen and oxygen atoms in total. The topological polar surface area (TPSA) is 75.6 Å². The molecule has 9 heteroatoms. The van der Waals surface area contributed by atoms with Crippen molar-refractivity contribution in [2.75, 3.05) is 13.7 Å². The van der Waals surface area contributed by atoms with Gasteiger partial charge < -0.3 is 9.84 Å². The van der Waals surface area contributed by atoms with Gasteiger partial charge in [0.1, 0.15) is 10.6 Å². The van der Waals surface area contributed by atoms with Crippen molar-refractivity contribution >= 4 is 10.0 Å². The highest BCUT2D eigenvalue weighted by molar-refractivity contribution is 7.89. The van der Waals surface area contributed by atoms with Gasteiger partial charge in [0.05, 0.1) is 13.7 Å². The van der Waals surface area contributed by atoms with Gasteiger partial charge in [0, 0.05) is 13.0 Å². The smallest absolute Gasteiger partial charge is 0.389 e. The molecule has 0 aromatic heterocycles. The van der Waals surface area contributed by atoms with Crippen molar-refractivity contribution in [2.45, 2.75) is 30.5 Å². The van der Waals surface area contributed by atoms with Gasteiger partial charge >= 0.3 is 6.18 Å². The van der Waals surface area contributed by atoms with Crippen LogP contribution in [0.1, 0.15) is 18.4 Å². The van der Waals surface area contributed by atoms with E-state index in [4.69, 9.17) is 9.84 Å². The van der Waals surface area contributed by atoms with Gasteiger partial charge in [0.15, 0.2) is 0 Å². The molecule has 1 rings (SSSR count). The van der Waals surface area contributed by atoms with E-state index >= 15 is 0 Å². The van der Waals surface area contributed by atoms with E-state index in [9.17, 15) is 21.6 Å². The molecule has 0 atom stereocenters. The van der Waals surface area contributed by atoms with E-state index in [-0.39, 0.29) is 30.2 Å².